The maximum absolute atomic E-state index is 5.94. The third-order valence-corrected chi connectivity index (χ3v) is 3.72. The van der Waals surface area contributed by atoms with Crippen molar-refractivity contribution >= 4 is 11.6 Å². The highest BCUT2D eigenvalue weighted by Crippen LogP contribution is 2.25. The first-order valence-corrected chi connectivity index (χ1v) is 8.10. The van der Waals surface area contributed by atoms with E-state index in [4.69, 9.17) is 16.3 Å². The summed E-state index contributed by atoms with van der Waals surface area (Å²) in [4.78, 5) is 0. The highest BCUT2D eigenvalue weighted by molar-refractivity contribution is 6.17. The van der Waals surface area contributed by atoms with E-state index < -0.39 is 0 Å². The van der Waals surface area contributed by atoms with E-state index in [0.717, 1.165) is 24.3 Å². The Morgan fingerprint density at radius 2 is 1.68 bits per heavy atom. The lowest BCUT2D eigenvalue weighted by Gasteiger charge is -2.12. The van der Waals surface area contributed by atoms with Crippen LogP contribution >= 0.6 is 11.6 Å². The van der Waals surface area contributed by atoms with Gasteiger partial charge in [-0.2, -0.15) is 0 Å². The summed E-state index contributed by atoms with van der Waals surface area (Å²) in [6.45, 7) is 5.14. The SMILES string of the molecule is CCCCCCCCCOc1c(C)cccc1CCl. The smallest absolute Gasteiger partial charge is 0.126 e. The van der Waals surface area contributed by atoms with Gasteiger partial charge in [0.1, 0.15) is 5.75 Å². The minimum atomic E-state index is 0.522. The van der Waals surface area contributed by atoms with E-state index in [0.29, 0.717) is 5.88 Å². The molecule has 2 heteroatoms. The quantitative estimate of drug-likeness (QED) is 0.385. The summed E-state index contributed by atoms with van der Waals surface area (Å²) >= 11 is 5.94. The second-order valence-corrected chi connectivity index (χ2v) is 5.43. The van der Waals surface area contributed by atoms with Crippen LogP contribution in [0.25, 0.3) is 0 Å². The van der Waals surface area contributed by atoms with Gasteiger partial charge in [-0.15, -0.1) is 11.6 Å². The van der Waals surface area contributed by atoms with Gasteiger partial charge in [0.25, 0.3) is 0 Å². The lowest BCUT2D eigenvalue weighted by molar-refractivity contribution is 0.300. The fraction of sp³-hybridized carbons (Fsp3) is 0.647. The average Bonchev–Trinajstić information content (AvgIpc) is 2.43. The van der Waals surface area contributed by atoms with Crippen molar-refractivity contribution in [3.8, 4) is 5.75 Å². The molecular formula is C17H27ClO. The normalized spacial score (nSPS) is 10.7. The number of unbranched alkanes of at least 4 members (excludes halogenated alkanes) is 6. The number of para-hydroxylation sites is 1. The summed E-state index contributed by atoms with van der Waals surface area (Å²) in [5.41, 5.74) is 2.28. The number of halogens is 1. The van der Waals surface area contributed by atoms with Crippen molar-refractivity contribution < 1.29 is 4.74 Å². The molecule has 108 valence electrons. The molecule has 1 nitrogen and oxygen atoms in total. The molecule has 0 spiro atoms. The van der Waals surface area contributed by atoms with E-state index >= 15 is 0 Å². The zero-order valence-electron chi connectivity index (χ0n) is 12.4. The zero-order chi connectivity index (χ0) is 13.9. The van der Waals surface area contributed by atoms with Gasteiger partial charge in [0.05, 0.1) is 12.5 Å². The maximum Gasteiger partial charge on any atom is 0.126 e. The van der Waals surface area contributed by atoms with E-state index in [1.807, 2.05) is 12.1 Å². The molecule has 1 aromatic carbocycles. The number of ether oxygens (including phenoxy) is 1. The predicted molar refractivity (Wildman–Crippen MR) is 84.2 cm³/mol. The monoisotopic (exact) mass is 282 g/mol. The third kappa shape index (κ3) is 6.33. The first-order valence-electron chi connectivity index (χ1n) is 7.56. The van der Waals surface area contributed by atoms with Crippen LogP contribution < -0.4 is 4.74 Å². The Labute approximate surface area is 123 Å². The highest BCUT2D eigenvalue weighted by Gasteiger charge is 2.05. The van der Waals surface area contributed by atoms with Gasteiger partial charge in [0.15, 0.2) is 0 Å². The second kappa shape index (κ2) is 10.1. The number of hydrogen-bond donors (Lipinski definition) is 0. The first kappa shape index (κ1) is 16.4. The van der Waals surface area contributed by atoms with Crippen molar-refractivity contribution in [3.63, 3.8) is 0 Å². The van der Waals surface area contributed by atoms with Crippen molar-refractivity contribution in [2.75, 3.05) is 6.61 Å². The molecular weight excluding hydrogens is 256 g/mol. The maximum atomic E-state index is 5.94. The molecule has 0 heterocycles. The minimum Gasteiger partial charge on any atom is -0.493 e. The Balaban J connectivity index is 2.19. The standard InChI is InChI=1S/C17H27ClO/c1-3-4-5-6-7-8-9-13-19-17-15(2)11-10-12-16(17)14-18/h10-12H,3-9,13-14H2,1-2H3. The van der Waals surface area contributed by atoms with E-state index in [1.54, 1.807) is 0 Å². The Hall–Kier alpha value is -0.690. The lowest BCUT2D eigenvalue weighted by atomic mass is 10.1. The molecule has 1 aromatic rings. The number of hydrogen-bond acceptors (Lipinski definition) is 1. The summed E-state index contributed by atoms with van der Waals surface area (Å²) in [5.74, 6) is 1.51. The molecule has 0 fully saturated rings. The topological polar surface area (TPSA) is 9.23 Å². The first-order chi connectivity index (χ1) is 9.29. The van der Waals surface area contributed by atoms with Crippen LogP contribution in [0.4, 0.5) is 0 Å². The summed E-state index contributed by atoms with van der Waals surface area (Å²) < 4.78 is 5.90. The van der Waals surface area contributed by atoms with E-state index in [9.17, 15) is 0 Å². The molecule has 0 radical (unpaired) electrons. The third-order valence-electron chi connectivity index (χ3n) is 3.43. The van der Waals surface area contributed by atoms with E-state index in [2.05, 4.69) is 19.9 Å². The Bertz CT molecular complexity index is 349. The van der Waals surface area contributed by atoms with E-state index in [1.165, 1.54) is 44.1 Å². The van der Waals surface area contributed by atoms with Crippen LogP contribution in [0.1, 0.15) is 63.0 Å². The summed E-state index contributed by atoms with van der Waals surface area (Å²) in [6.07, 6.45) is 9.18. The van der Waals surface area contributed by atoms with Gasteiger partial charge in [0, 0.05) is 5.56 Å². The molecule has 0 saturated carbocycles. The van der Waals surface area contributed by atoms with Gasteiger partial charge in [-0.05, 0) is 18.9 Å². The minimum absolute atomic E-state index is 0.522. The molecule has 0 aliphatic rings. The molecule has 0 N–H and O–H groups in total. The van der Waals surface area contributed by atoms with Crippen molar-refractivity contribution in [2.24, 2.45) is 0 Å². The number of alkyl halides is 1. The Morgan fingerprint density at radius 1 is 1.00 bits per heavy atom. The predicted octanol–water partition coefficient (Wildman–Crippen LogP) is 5.86. The molecule has 0 saturated heterocycles. The highest BCUT2D eigenvalue weighted by atomic mass is 35.5. The van der Waals surface area contributed by atoms with Crippen LogP contribution in [0.5, 0.6) is 5.75 Å². The number of aryl methyl sites for hydroxylation is 1. The summed E-state index contributed by atoms with van der Waals surface area (Å²) in [6, 6.07) is 6.16. The van der Waals surface area contributed by atoms with Crippen LogP contribution in [-0.4, -0.2) is 6.61 Å². The van der Waals surface area contributed by atoms with Gasteiger partial charge < -0.3 is 4.74 Å². The zero-order valence-corrected chi connectivity index (χ0v) is 13.1. The average molecular weight is 283 g/mol. The lowest BCUT2D eigenvalue weighted by Crippen LogP contribution is -2.01. The fourth-order valence-corrected chi connectivity index (χ4v) is 2.47. The molecule has 0 aliphatic heterocycles. The Kier molecular flexibility index (Phi) is 8.73. The van der Waals surface area contributed by atoms with Crippen LogP contribution in [0.2, 0.25) is 0 Å². The van der Waals surface area contributed by atoms with Crippen LogP contribution in [0, 0.1) is 6.92 Å². The largest absolute Gasteiger partial charge is 0.493 e. The molecule has 0 unspecified atom stereocenters. The van der Waals surface area contributed by atoms with Gasteiger partial charge in [-0.3, -0.25) is 0 Å². The van der Waals surface area contributed by atoms with Crippen LogP contribution in [0.15, 0.2) is 18.2 Å². The van der Waals surface area contributed by atoms with Crippen LogP contribution in [0.3, 0.4) is 0 Å². The van der Waals surface area contributed by atoms with E-state index in [-0.39, 0.29) is 0 Å². The fourth-order valence-electron chi connectivity index (χ4n) is 2.26. The Morgan fingerprint density at radius 3 is 2.37 bits per heavy atom. The van der Waals surface area contributed by atoms with Crippen molar-refractivity contribution in [1.29, 1.82) is 0 Å². The molecule has 0 bridgehead atoms. The van der Waals surface area contributed by atoms with Gasteiger partial charge >= 0.3 is 0 Å². The van der Waals surface area contributed by atoms with Crippen molar-refractivity contribution in [2.45, 2.75) is 64.7 Å². The molecule has 0 aliphatic carbocycles. The molecule has 19 heavy (non-hydrogen) atoms. The molecule has 0 aromatic heterocycles. The number of rotatable bonds is 10. The number of benzene rings is 1. The molecule has 1 rings (SSSR count). The van der Waals surface area contributed by atoms with Gasteiger partial charge in [0.2, 0.25) is 0 Å². The van der Waals surface area contributed by atoms with Gasteiger partial charge in [-0.25, -0.2) is 0 Å². The van der Waals surface area contributed by atoms with Crippen molar-refractivity contribution in [3.05, 3.63) is 29.3 Å². The summed E-state index contributed by atoms with van der Waals surface area (Å²) in [7, 11) is 0. The van der Waals surface area contributed by atoms with Crippen LogP contribution in [-0.2, 0) is 5.88 Å². The molecule has 0 amide bonds. The van der Waals surface area contributed by atoms with Gasteiger partial charge in [-0.1, -0.05) is 63.6 Å². The van der Waals surface area contributed by atoms with Crippen molar-refractivity contribution in [1.82, 2.24) is 0 Å². The summed E-state index contributed by atoms with van der Waals surface area (Å²) in [5, 5.41) is 0. The second-order valence-electron chi connectivity index (χ2n) is 5.17. The molecule has 0 atom stereocenters.